The molecule has 0 aromatic carbocycles. The topological polar surface area (TPSA) is 27.6 Å². The molecule has 3 heteroatoms. The second kappa shape index (κ2) is 2.47. The molecule has 1 N–H and O–H groups in total. The van der Waals surface area contributed by atoms with E-state index >= 15 is 0 Å². The van der Waals surface area contributed by atoms with Crippen LogP contribution in [-0.4, -0.2) is 24.9 Å². The van der Waals surface area contributed by atoms with Crippen LogP contribution in [0.25, 0.3) is 0 Å². The molecule has 0 fully saturated rings. The van der Waals surface area contributed by atoms with Gasteiger partial charge in [-0.05, 0) is 6.08 Å². The Balaban J connectivity index is 2.40. The average Bonchev–Trinajstić information content (AvgIpc) is 1.90. The predicted molar refractivity (Wildman–Crippen MR) is 33.4 cm³/mol. The maximum absolute atomic E-state index is 3.98. The van der Waals surface area contributed by atoms with Crippen molar-refractivity contribution in [2.24, 2.45) is 4.99 Å². The zero-order chi connectivity index (χ0) is 5.82. The number of hydrogen-bond acceptors (Lipinski definition) is 3. The first-order chi connectivity index (χ1) is 3.93. The number of hydrogen-bond donors (Lipinski definition) is 1. The lowest BCUT2D eigenvalue weighted by Gasteiger charge is -2.16. The van der Waals surface area contributed by atoms with Crippen LogP contribution in [0.15, 0.2) is 17.3 Å². The molecular formula is C5H9N3. The molecule has 0 aromatic rings. The molecule has 44 valence electrons. The van der Waals surface area contributed by atoms with E-state index in [0.29, 0.717) is 6.67 Å². The number of rotatable bonds is 1. The molecule has 0 amide bonds. The van der Waals surface area contributed by atoms with Gasteiger partial charge in [0.25, 0.3) is 0 Å². The summed E-state index contributed by atoms with van der Waals surface area (Å²) in [7, 11) is 1.87. The van der Waals surface area contributed by atoms with Crippen LogP contribution in [0.2, 0.25) is 0 Å². The molecule has 0 atom stereocenters. The van der Waals surface area contributed by atoms with Crippen LogP contribution >= 0.6 is 0 Å². The Bertz CT molecular complexity index is 117. The Labute approximate surface area is 48.7 Å². The van der Waals surface area contributed by atoms with E-state index in [0.717, 1.165) is 0 Å². The zero-order valence-electron chi connectivity index (χ0n) is 4.83. The first kappa shape index (κ1) is 5.31. The maximum Gasteiger partial charge on any atom is 0.124 e. The van der Waals surface area contributed by atoms with Gasteiger partial charge in [-0.2, -0.15) is 0 Å². The van der Waals surface area contributed by atoms with Crippen LogP contribution < -0.4 is 5.43 Å². The molecular weight excluding hydrogens is 102 g/mol. The molecule has 1 rings (SSSR count). The van der Waals surface area contributed by atoms with Crippen molar-refractivity contribution in [1.29, 1.82) is 0 Å². The second-order valence-corrected chi connectivity index (χ2v) is 1.51. The standard InChI is InChI=1S/C5H9N3/c1-6-8-4-2-3-7-5-8/h2-4,6H,5H2,1H3. The SMILES string of the molecule is CNN1C=CC=NC1. The summed E-state index contributed by atoms with van der Waals surface area (Å²) in [5, 5.41) is 1.89. The van der Waals surface area contributed by atoms with E-state index < -0.39 is 0 Å². The van der Waals surface area contributed by atoms with E-state index in [1.807, 2.05) is 24.3 Å². The normalized spacial score (nSPS) is 17.4. The third-order valence-corrected chi connectivity index (χ3v) is 0.979. The highest BCUT2D eigenvalue weighted by molar-refractivity contribution is 5.71. The lowest BCUT2D eigenvalue weighted by atomic mass is 10.6. The highest BCUT2D eigenvalue weighted by Gasteiger charge is 1.91. The van der Waals surface area contributed by atoms with Crippen molar-refractivity contribution in [3.8, 4) is 0 Å². The molecule has 0 unspecified atom stereocenters. The Morgan fingerprint density at radius 1 is 1.75 bits per heavy atom. The largest absolute Gasteiger partial charge is 0.294 e. The van der Waals surface area contributed by atoms with Crippen LogP contribution in [0.5, 0.6) is 0 Å². The molecule has 1 aliphatic heterocycles. The van der Waals surface area contributed by atoms with Gasteiger partial charge in [-0.25, -0.2) is 5.43 Å². The molecule has 3 nitrogen and oxygen atoms in total. The molecule has 0 bridgehead atoms. The van der Waals surface area contributed by atoms with E-state index in [2.05, 4.69) is 10.4 Å². The van der Waals surface area contributed by atoms with Gasteiger partial charge in [-0.15, -0.1) is 0 Å². The number of nitrogens with one attached hydrogen (secondary N) is 1. The van der Waals surface area contributed by atoms with Crippen LogP contribution in [0.1, 0.15) is 0 Å². The van der Waals surface area contributed by atoms with Crippen LogP contribution in [0.4, 0.5) is 0 Å². The van der Waals surface area contributed by atoms with Gasteiger partial charge in [0, 0.05) is 19.5 Å². The first-order valence-corrected chi connectivity index (χ1v) is 2.54. The number of aliphatic imine (C=N–C) groups is 1. The lowest BCUT2D eigenvalue weighted by Crippen LogP contribution is -2.31. The smallest absolute Gasteiger partial charge is 0.124 e. The second-order valence-electron chi connectivity index (χ2n) is 1.51. The van der Waals surface area contributed by atoms with Crippen molar-refractivity contribution >= 4 is 6.21 Å². The van der Waals surface area contributed by atoms with E-state index in [9.17, 15) is 0 Å². The van der Waals surface area contributed by atoms with Gasteiger partial charge in [0.2, 0.25) is 0 Å². The van der Waals surface area contributed by atoms with Crippen molar-refractivity contribution in [2.75, 3.05) is 13.7 Å². The minimum Gasteiger partial charge on any atom is -0.294 e. The Morgan fingerprint density at radius 2 is 2.62 bits per heavy atom. The average molecular weight is 111 g/mol. The Hall–Kier alpha value is -0.830. The van der Waals surface area contributed by atoms with Crippen molar-refractivity contribution in [3.63, 3.8) is 0 Å². The van der Waals surface area contributed by atoms with Crippen molar-refractivity contribution in [1.82, 2.24) is 10.4 Å². The number of allylic oxidation sites excluding steroid dienone is 1. The van der Waals surface area contributed by atoms with Crippen molar-refractivity contribution in [3.05, 3.63) is 12.3 Å². The third-order valence-electron chi connectivity index (χ3n) is 0.979. The molecule has 1 aliphatic rings. The van der Waals surface area contributed by atoms with Gasteiger partial charge in [0.1, 0.15) is 6.67 Å². The summed E-state index contributed by atoms with van der Waals surface area (Å²) in [4.78, 5) is 3.98. The first-order valence-electron chi connectivity index (χ1n) is 2.54. The molecule has 0 radical (unpaired) electrons. The van der Waals surface area contributed by atoms with Crippen molar-refractivity contribution < 1.29 is 0 Å². The zero-order valence-corrected chi connectivity index (χ0v) is 4.83. The van der Waals surface area contributed by atoms with Gasteiger partial charge in [0.05, 0.1) is 0 Å². The highest BCUT2D eigenvalue weighted by Crippen LogP contribution is 1.87. The molecule has 0 aliphatic carbocycles. The van der Waals surface area contributed by atoms with E-state index in [1.54, 1.807) is 6.21 Å². The maximum atomic E-state index is 3.98. The summed E-state index contributed by atoms with van der Waals surface area (Å²) < 4.78 is 0. The Kier molecular flexibility index (Phi) is 1.64. The monoisotopic (exact) mass is 111 g/mol. The third kappa shape index (κ3) is 1.07. The number of nitrogens with zero attached hydrogens (tertiary/aromatic N) is 2. The van der Waals surface area contributed by atoms with Gasteiger partial charge in [-0.3, -0.25) is 10.0 Å². The quantitative estimate of drug-likeness (QED) is 0.515. The number of hydrazine groups is 1. The fourth-order valence-corrected chi connectivity index (χ4v) is 0.531. The summed E-state index contributed by atoms with van der Waals surface area (Å²) in [6.07, 6.45) is 5.61. The molecule has 0 saturated carbocycles. The summed E-state index contributed by atoms with van der Waals surface area (Å²) >= 11 is 0. The minimum absolute atomic E-state index is 0.715. The molecule has 8 heavy (non-hydrogen) atoms. The van der Waals surface area contributed by atoms with Gasteiger partial charge >= 0.3 is 0 Å². The Morgan fingerprint density at radius 3 is 3.00 bits per heavy atom. The fourth-order valence-electron chi connectivity index (χ4n) is 0.531. The molecule has 0 saturated heterocycles. The van der Waals surface area contributed by atoms with Crippen LogP contribution in [0.3, 0.4) is 0 Å². The predicted octanol–water partition coefficient (Wildman–Crippen LogP) is -0.0216. The minimum atomic E-state index is 0.715. The lowest BCUT2D eigenvalue weighted by molar-refractivity contribution is 0.306. The summed E-state index contributed by atoms with van der Waals surface area (Å²) in [5.74, 6) is 0. The molecule has 0 aromatic heterocycles. The fraction of sp³-hybridized carbons (Fsp3) is 0.400. The van der Waals surface area contributed by atoms with E-state index in [1.165, 1.54) is 0 Å². The molecule has 1 heterocycles. The summed E-state index contributed by atoms with van der Waals surface area (Å²) in [6.45, 7) is 0.715. The van der Waals surface area contributed by atoms with Crippen LogP contribution in [-0.2, 0) is 0 Å². The summed E-state index contributed by atoms with van der Waals surface area (Å²) in [5.41, 5.74) is 2.94. The van der Waals surface area contributed by atoms with Gasteiger partial charge in [0.15, 0.2) is 0 Å². The van der Waals surface area contributed by atoms with E-state index in [4.69, 9.17) is 0 Å². The van der Waals surface area contributed by atoms with E-state index in [-0.39, 0.29) is 0 Å². The molecule has 0 spiro atoms. The summed E-state index contributed by atoms with van der Waals surface area (Å²) in [6, 6.07) is 0. The van der Waals surface area contributed by atoms with Gasteiger partial charge in [-0.1, -0.05) is 0 Å². The van der Waals surface area contributed by atoms with Crippen molar-refractivity contribution in [2.45, 2.75) is 0 Å². The van der Waals surface area contributed by atoms with Gasteiger partial charge < -0.3 is 0 Å². The highest BCUT2D eigenvalue weighted by atomic mass is 15.5. The van der Waals surface area contributed by atoms with Crippen LogP contribution in [0, 0.1) is 0 Å².